The van der Waals surface area contributed by atoms with Crippen LogP contribution < -0.4 is 5.73 Å². The molecule has 16 heavy (non-hydrogen) atoms. The molecule has 4 heteroatoms. The third-order valence-electron chi connectivity index (χ3n) is 2.35. The van der Waals surface area contributed by atoms with Gasteiger partial charge in [-0.15, -0.1) is 0 Å². The number of nitrogens with two attached hydrogens (primary N) is 1. The molecule has 0 amide bonds. The molecule has 0 unspecified atom stereocenters. The number of ether oxygens (including phenoxy) is 1. The first kappa shape index (κ1) is 13.2. The van der Waals surface area contributed by atoms with Gasteiger partial charge < -0.3 is 15.0 Å². The molecule has 1 atom stereocenters. The first-order valence-corrected chi connectivity index (χ1v) is 5.94. The van der Waals surface area contributed by atoms with Crippen LogP contribution in [0.4, 0.5) is 0 Å². The number of rotatable bonds is 7. The van der Waals surface area contributed by atoms with Crippen molar-refractivity contribution in [3.8, 4) is 0 Å². The molecule has 1 rings (SSSR count). The summed E-state index contributed by atoms with van der Waals surface area (Å²) in [4.78, 5) is 4.11. The fourth-order valence-electron chi connectivity index (χ4n) is 1.55. The van der Waals surface area contributed by atoms with Gasteiger partial charge in [0.05, 0.1) is 12.0 Å². The van der Waals surface area contributed by atoms with Crippen LogP contribution in [0.3, 0.4) is 0 Å². The summed E-state index contributed by atoms with van der Waals surface area (Å²) in [6.45, 7) is 8.85. The molecule has 0 bridgehead atoms. The normalized spacial score (nSPS) is 13.3. The van der Waals surface area contributed by atoms with Gasteiger partial charge in [0.2, 0.25) is 0 Å². The van der Waals surface area contributed by atoms with Gasteiger partial charge >= 0.3 is 0 Å². The van der Waals surface area contributed by atoms with Gasteiger partial charge in [0, 0.05) is 32.0 Å². The molecule has 4 nitrogen and oxygen atoms in total. The lowest BCUT2D eigenvalue weighted by atomic mass is 10.2. The zero-order chi connectivity index (χ0) is 12.0. The predicted octanol–water partition coefficient (Wildman–Crippen LogP) is 1.97. The van der Waals surface area contributed by atoms with Gasteiger partial charge in [-0.2, -0.15) is 0 Å². The molecule has 0 saturated carbocycles. The molecular formula is C12H23N3O. The first-order chi connectivity index (χ1) is 7.61. The number of nitrogens with zero attached hydrogens (tertiary/aromatic N) is 2. The Hall–Kier alpha value is -0.870. The molecule has 0 aliphatic carbocycles. The Morgan fingerprint density at radius 2 is 2.19 bits per heavy atom. The van der Waals surface area contributed by atoms with Crippen LogP contribution in [0, 0.1) is 5.92 Å². The average molecular weight is 225 g/mol. The minimum atomic E-state index is 0.0408. The summed E-state index contributed by atoms with van der Waals surface area (Å²) < 4.78 is 7.63. The Morgan fingerprint density at radius 3 is 2.81 bits per heavy atom. The number of hydrogen-bond donors (Lipinski definition) is 1. The van der Waals surface area contributed by atoms with E-state index in [9.17, 15) is 0 Å². The van der Waals surface area contributed by atoms with E-state index >= 15 is 0 Å². The maximum absolute atomic E-state index is 5.84. The average Bonchev–Trinajstić information content (AvgIpc) is 2.65. The molecule has 0 aliphatic rings. The van der Waals surface area contributed by atoms with E-state index in [1.807, 2.05) is 19.4 Å². The van der Waals surface area contributed by atoms with E-state index in [4.69, 9.17) is 10.5 Å². The maximum Gasteiger partial charge on any atom is 0.0948 e. The van der Waals surface area contributed by atoms with Crippen LogP contribution in [0.15, 0.2) is 12.5 Å². The van der Waals surface area contributed by atoms with E-state index in [1.54, 1.807) is 0 Å². The Bertz CT molecular complexity index is 294. The molecule has 0 fully saturated rings. The lowest BCUT2D eigenvalue weighted by Gasteiger charge is -2.11. The van der Waals surface area contributed by atoms with Crippen molar-refractivity contribution in [2.24, 2.45) is 11.7 Å². The van der Waals surface area contributed by atoms with Gasteiger partial charge in [-0.1, -0.05) is 13.8 Å². The Labute approximate surface area is 97.8 Å². The molecule has 0 spiro atoms. The van der Waals surface area contributed by atoms with E-state index in [0.717, 1.165) is 31.9 Å². The fourth-order valence-corrected chi connectivity index (χ4v) is 1.55. The maximum atomic E-state index is 5.84. The second-order valence-corrected chi connectivity index (χ2v) is 4.62. The van der Waals surface area contributed by atoms with Gasteiger partial charge in [-0.25, -0.2) is 4.98 Å². The predicted molar refractivity (Wildman–Crippen MR) is 65.1 cm³/mol. The third kappa shape index (κ3) is 4.33. The molecule has 0 aromatic carbocycles. The first-order valence-electron chi connectivity index (χ1n) is 5.94. The molecule has 0 aliphatic heterocycles. The molecule has 1 aromatic rings. The highest BCUT2D eigenvalue weighted by atomic mass is 16.5. The highest BCUT2D eigenvalue weighted by molar-refractivity contribution is 5.02. The largest absolute Gasteiger partial charge is 0.381 e. The number of aromatic nitrogens is 2. The zero-order valence-electron chi connectivity index (χ0n) is 10.5. The van der Waals surface area contributed by atoms with Gasteiger partial charge in [-0.3, -0.25) is 0 Å². The van der Waals surface area contributed by atoms with Crippen LogP contribution in [0.5, 0.6) is 0 Å². The summed E-state index contributed by atoms with van der Waals surface area (Å²) >= 11 is 0. The van der Waals surface area contributed by atoms with Crippen molar-refractivity contribution in [3.05, 3.63) is 18.2 Å². The van der Waals surface area contributed by atoms with Gasteiger partial charge in [-0.05, 0) is 19.3 Å². The number of aryl methyl sites for hydroxylation is 1. The standard InChI is InChI=1S/C12H23N3O/c1-10(2)8-16-6-4-5-15-9-14-7-12(15)11(3)13/h7,9-11H,4-6,8,13H2,1-3H3/t11-/m0/s1. The molecule has 2 N–H and O–H groups in total. The SMILES string of the molecule is CC(C)COCCCn1cncc1[C@H](C)N. The van der Waals surface area contributed by atoms with E-state index in [-0.39, 0.29) is 6.04 Å². The minimum Gasteiger partial charge on any atom is -0.381 e. The molecule has 92 valence electrons. The highest BCUT2D eigenvalue weighted by Gasteiger charge is 2.05. The van der Waals surface area contributed by atoms with Crippen molar-refractivity contribution >= 4 is 0 Å². The van der Waals surface area contributed by atoms with E-state index in [1.165, 1.54) is 0 Å². The zero-order valence-corrected chi connectivity index (χ0v) is 10.5. The van der Waals surface area contributed by atoms with Crippen LogP contribution in [0.1, 0.15) is 38.9 Å². The summed E-state index contributed by atoms with van der Waals surface area (Å²) in [6, 6.07) is 0.0408. The summed E-state index contributed by atoms with van der Waals surface area (Å²) in [5.74, 6) is 0.605. The van der Waals surface area contributed by atoms with Gasteiger partial charge in [0.15, 0.2) is 0 Å². The van der Waals surface area contributed by atoms with Crippen molar-refractivity contribution in [1.82, 2.24) is 9.55 Å². The lowest BCUT2D eigenvalue weighted by Crippen LogP contribution is -2.13. The van der Waals surface area contributed by atoms with Gasteiger partial charge in [0.25, 0.3) is 0 Å². The quantitative estimate of drug-likeness (QED) is 0.722. The number of imidazole rings is 1. The molecule has 1 aromatic heterocycles. The van der Waals surface area contributed by atoms with Crippen LogP contribution >= 0.6 is 0 Å². The van der Waals surface area contributed by atoms with E-state index < -0.39 is 0 Å². The lowest BCUT2D eigenvalue weighted by molar-refractivity contribution is 0.105. The van der Waals surface area contributed by atoms with Crippen LogP contribution in [-0.2, 0) is 11.3 Å². The summed E-state index contributed by atoms with van der Waals surface area (Å²) in [7, 11) is 0. The highest BCUT2D eigenvalue weighted by Crippen LogP contribution is 2.09. The molecule has 1 heterocycles. The van der Waals surface area contributed by atoms with Crippen molar-refractivity contribution in [3.63, 3.8) is 0 Å². The summed E-state index contributed by atoms with van der Waals surface area (Å²) in [6.07, 6.45) is 4.67. The van der Waals surface area contributed by atoms with Crippen LogP contribution in [0.2, 0.25) is 0 Å². The monoisotopic (exact) mass is 225 g/mol. The van der Waals surface area contributed by atoms with Gasteiger partial charge in [0.1, 0.15) is 0 Å². The molecular weight excluding hydrogens is 202 g/mol. The van der Waals surface area contributed by atoms with Crippen LogP contribution in [0.25, 0.3) is 0 Å². The Balaban J connectivity index is 2.24. The fraction of sp³-hybridized carbons (Fsp3) is 0.750. The van der Waals surface area contributed by atoms with E-state index in [0.29, 0.717) is 5.92 Å². The topological polar surface area (TPSA) is 53.1 Å². The van der Waals surface area contributed by atoms with Crippen molar-refractivity contribution in [2.75, 3.05) is 13.2 Å². The third-order valence-corrected chi connectivity index (χ3v) is 2.35. The second kappa shape index (κ2) is 6.66. The Kier molecular flexibility index (Phi) is 5.49. The Morgan fingerprint density at radius 1 is 1.44 bits per heavy atom. The van der Waals surface area contributed by atoms with E-state index in [2.05, 4.69) is 23.4 Å². The summed E-state index contributed by atoms with van der Waals surface area (Å²) in [5, 5.41) is 0. The summed E-state index contributed by atoms with van der Waals surface area (Å²) in [5.41, 5.74) is 6.92. The van der Waals surface area contributed by atoms with Crippen molar-refractivity contribution in [2.45, 2.75) is 39.8 Å². The van der Waals surface area contributed by atoms with Crippen molar-refractivity contribution < 1.29 is 4.74 Å². The van der Waals surface area contributed by atoms with Crippen molar-refractivity contribution in [1.29, 1.82) is 0 Å². The number of hydrogen-bond acceptors (Lipinski definition) is 3. The minimum absolute atomic E-state index is 0.0408. The molecule has 0 radical (unpaired) electrons. The second-order valence-electron chi connectivity index (χ2n) is 4.62. The van der Waals surface area contributed by atoms with Crippen LogP contribution in [-0.4, -0.2) is 22.8 Å². The smallest absolute Gasteiger partial charge is 0.0948 e. The molecule has 0 saturated heterocycles.